The molecule has 5 heteroatoms. The molecule has 0 aliphatic heterocycles. The topological polar surface area (TPSA) is 34.9 Å². The standard InChI is InChI=1S/C13H13ClN2OS/c14-11-7-12(17)16(13(15-11)10-1-2-10)5-3-9-4-6-18-8-9/h4,6-8,10H,1-3,5H2. The maximum absolute atomic E-state index is 12.0. The van der Waals surface area contributed by atoms with E-state index in [1.165, 1.54) is 11.6 Å². The number of hydrogen-bond donors (Lipinski definition) is 0. The molecule has 0 atom stereocenters. The van der Waals surface area contributed by atoms with Crippen LogP contribution in [0.5, 0.6) is 0 Å². The summed E-state index contributed by atoms with van der Waals surface area (Å²) in [6.45, 7) is 0.686. The van der Waals surface area contributed by atoms with Gasteiger partial charge in [0, 0.05) is 18.5 Å². The lowest BCUT2D eigenvalue weighted by molar-refractivity contribution is 0.610. The predicted molar refractivity (Wildman–Crippen MR) is 73.5 cm³/mol. The van der Waals surface area contributed by atoms with Gasteiger partial charge in [-0.25, -0.2) is 4.98 Å². The monoisotopic (exact) mass is 280 g/mol. The van der Waals surface area contributed by atoms with Crippen LogP contribution < -0.4 is 5.56 Å². The lowest BCUT2D eigenvalue weighted by atomic mass is 10.2. The maximum Gasteiger partial charge on any atom is 0.255 e. The number of thiophene rings is 1. The Morgan fingerprint density at radius 2 is 2.33 bits per heavy atom. The summed E-state index contributed by atoms with van der Waals surface area (Å²) in [4.78, 5) is 16.3. The van der Waals surface area contributed by atoms with Crippen LogP contribution >= 0.6 is 22.9 Å². The highest BCUT2D eigenvalue weighted by atomic mass is 35.5. The van der Waals surface area contributed by atoms with E-state index in [0.29, 0.717) is 17.6 Å². The van der Waals surface area contributed by atoms with E-state index in [4.69, 9.17) is 11.6 Å². The van der Waals surface area contributed by atoms with Gasteiger partial charge < -0.3 is 0 Å². The second-order valence-electron chi connectivity index (χ2n) is 4.58. The Labute approximate surface area is 114 Å². The lowest BCUT2D eigenvalue weighted by Crippen LogP contribution is -2.25. The zero-order valence-corrected chi connectivity index (χ0v) is 11.4. The average molecular weight is 281 g/mol. The Hall–Kier alpha value is -1.13. The summed E-state index contributed by atoms with van der Waals surface area (Å²) in [6, 6.07) is 3.50. The van der Waals surface area contributed by atoms with Crippen molar-refractivity contribution in [2.75, 3.05) is 0 Å². The number of rotatable bonds is 4. The normalized spacial score (nSPS) is 14.9. The molecule has 94 valence electrons. The van der Waals surface area contributed by atoms with Crippen LogP contribution in [-0.4, -0.2) is 9.55 Å². The molecule has 3 nitrogen and oxygen atoms in total. The van der Waals surface area contributed by atoms with Gasteiger partial charge in [0.25, 0.3) is 5.56 Å². The van der Waals surface area contributed by atoms with Gasteiger partial charge in [0.05, 0.1) is 0 Å². The fourth-order valence-corrected chi connectivity index (χ4v) is 2.93. The number of aromatic nitrogens is 2. The van der Waals surface area contributed by atoms with Gasteiger partial charge in [-0.3, -0.25) is 9.36 Å². The van der Waals surface area contributed by atoms with Crippen molar-refractivity contribution < 1.29 is 0 Å². The van der Waals surface area contributed by atoms with Gasteiger partial charge in [-0.15, -0.1) is 0 Å². The fourth-order valence-electron chi connectivity index (χ4n) is 2.05. The Morgan fingerprint density at radius 3 is 3.00 bits per heavy atom. The molecular formula is C13H13ClN2OS. The SMILES string of the molecule is O=c1cc(Cl)nc(C2CC2)n1CCc1ccsc1. The molecule has 0 radical (unpaired) electrons. The molecule has 0 aromatic carbocycles. The third kappa shape index (κ3) is 2.49. The highest BCUT2D eigenvalue weighted by molar-refractivity contribution is 7.07. The van der Waals surface area contributed by atoms with Crippen LogP contribution in [0.4, 0.5) is 0 Å². The van der Waals surface area contributed by atoms with Crippen LogP contribution in [0.2, 0.25) is 5.15 Å². The van der Waals surface area contributed by atoms with E-state index in [1.807, 2.05) is 0 Å². The molecule has 18 heavy (non-hydrogen) atoms. The molecule has 0 unspecified atom stereocenters. The summed E-state index contributed by atoms with van der Waals surface area (Å²) < 4.78 is 1.78. The number of nitrogens with zero attached hydrogens (tertiary/aromatic N) is 2. The van der Waals surface area contributed by atoms with Gasteiger partial charge in [0.1, 0.15) is 11.0 Å². The molecular weight excluding hydrogens is 268 g/mol. The van der Waals surface area contributed by atoms with Crippen molar-refractivity contribution in [2.45, 2.75) is 31.7 Å². The van der Waals surface area contributed by atoms with Crippen molar-refractivity contribution in [3.05, 3.63) is 49.8 Å². The van der Waals surface area contributed by atoms with Crippen molar-refractivity contribution in [2.24, 2.45) is 0 Å². The molecule has 0 spiro atoms. The molecule has 2 aromatic rings. The summed E-state index contributed by atoms with van der Waals surface area (Å²) in [5.41, 5.74) is 1.23. The van der Waals surface area contributed by atoms with Gasteiger partial charge in [0.2, 0.25) is 0 Å². The summed E-state index contributed by atoms with van der Waals surface area (Å²) in [5, 5.41) is 4.49. The fraction of sp³-hybridized carbons (Fsp3) is 0.385. The smallest absolute Gasteiger partial charge is 0.255 e. The molecule has 3 rings (SSSR count). The summed E-state index contributed by atoms with van der Waals surface area (Å²) in [6.07, 6.45) is 3.10. The van der Waals surface area contributed by atoms with E-state index in [0.717, 1.165) is 25.1 Å². The lowest BCUT2D eigenvalue weighted by Gasteiger charge is -2.10. The van der Waals surface area contributed by atoms with Crippen LogP contribution in [0.3, 0.4) is 0 Å². The van der Waals surface area contributed by atoms with Crippen molar-refractivity contribution in [1.82, 2.24) is 9.55 Å². The van der Waals surface area contributed by atoms with E-state index in [1.54, 1.807) is 15.9 Å². The zero-order chi connectivity index (χ0) is 12.5. The first-order valence-corrected chi connectivity index (χ1v) is 7.34. The Kier molecular flexibility index (Phi) is 3.22. The minimum absolute atomic E-state index is 0.0351. The molecule has 1 fully saturated rings. The van der Waals surface area contributed by atoms with E-state index >= 15 is 0 Å². The summed E-state index contributed by atoms with van der Waals surface area (Å²) >= 11 is 7.55. The van der Waals surface area contributed by atoms with Crippen molar-refractivity contribution in [3.8, 4) is 0 Å². The Balaban J connectivity index is 1.88. The van der Waals surface area contributed by atoms with Crippen LogP contribution in [0.1, 0.15) is 30.1 Å². The zero-order valence-electron chi connectivity index (χ0n) is 9.80. The molecule has 0 saturated heterocycles. The minimum atomic E-state index is -0.0351. The van der Waals surface area contributed by atoms with Crippen molar-refractivity contribution >= 4 is 22.9 Å². The van der Waals surface area contributed by atoms with E-state index in [-0.39, 0.29) is 5.56 Å². The van der Waals surface area contributed by atoms with E-state index in [2.05, 4.69) is 21.8 Å². The molecule has 2 aromatic heterocycles. The Bertz CT molecular complexity index is 602. The van der Waals surface area contributed by atoms with Gasteiger partial charge in [-0.05, 0) is 41.7 Å². The molecule has 0 N–H and O–H groups in total. The van der Waals surface area contributed by atoms with Crippen LogP contribution in [0.25, 0.3) is 0 Å². The van der Waals surface area contributed by atoms with Crippen molar-refractivity contribution in [3.63, 3.8) is 0 Å². The van der Waals surface area contributed by atoms with Gasteiger partial charge in [-0.1, -0.05) is 11.6 Å². The predicted octanol–water partition coefficient (Wildman–Crippen LogP) is 3.08. The first-order valence-electron chi connectivity index (χ1n) is 6.02. The summed E-state index contributed by atoms with van der Waals surface area (Å²) in [7, 11) is 0. The van der Waals surface area contributed by atoms with Crippen molar-refractivity contribution in [1.29, 1.82) is 0 Å². The number of aryl methyl sites for hydroxylation is 1. The van der Waals surface area contributed by atoms with Gasteiger partial charge >= 0.3 is 0 Å². The molecule has 1 aliphatic rings. The highest BCUT2D eigenvalue weighted by Crippen LogP contribution is 2.38. The molecule has 2 heterocycles. The molecule has 0 bridgehead atoms. The van der Waals surface area contributed by atoms with Crippen LogP contribution in [-0.2, 0) is 13.0 Å². The average Bonchev–Trinajstić information content (AvgIpc) is 3.05. The largest absolute Gasteiger partial charge is 0.296 e. The highest BCUT2D eigenvalue weighted by Gasteiger charge is 2.28. The molecule has 1 saturated carbocycles. The first-order chi connectivity index (χ1) is 8.74. The summed E-state index contributed by atoms with van der Waals surface area (Å²) in [5.74, 6) is 1.29. The third-order valence-electron chi connectivity index (χ3n) is 3.15. The van der Waals surface area contributed by atoms with Gasteiger partial charge in [0.15, 0.2) is 0 Å². The minimum Gasteiger partial charge on any atom is -0.296 e. The van der Waals surface area contributed by atoms with Crippen LogP contribution in [0, 0.1) is 0 Å². The quantitative estimate of drug-likeness (QED) is 0.807. The van der Waals surface area contributed by atoms with Crippen LogP contribution in [0.15, 0.2) is 27.7 Å². The second kappa shape index (κ2) is 4.86. The van der Waals surface area contributed by atoms with E-state index < -0.39 is 0 Å². The second-order valence-corrected chi connectivity index (χ2v) is 5.75. The molecule has 1 aliphatic carbocycles. The number of halogens is 1. The van der Waals surface area contributed by atoms with Gasteiger partial charge in [-0.2, -0.15) is 11.3 Å². The Morgan fingerprint density at radius 1 is 1.50 bits per heavy atom. The third-order valence-corrected chi connectivity index (χ3v) is 4.08. The molecule has 0 amide bonds. The number of hydrogen-bond acceptors (Lipinski definition) is 3. The first kappa shape index (κ1) is 11.9. The van der Waals surface area contributed by atoms with E-state index in [9.17, 15) is 4.79 Å². The maximum atomic E-state index is 12.0.